The van der Waals surface area contributed by atoms with Crippen LogP contribution in [0.3, 0.4) is 0 Å². The van der Waals surface area contributed by atoms with Crippen molar-refractivity contribution in [2.45, 2.75) is 61.8 Å². The molecule has 0 atom stereocenters. The van der Waals surface area contributed by atoms with Crippen molar-refractivity contribution in [1.82, 2.24) is 0 Å². The minimum absolute atomic E-state index is 0. The topological polar surface area (TPSA) is 0 Å². The molecule has 0 nitrogen and oxygen atoms in total. The van der Waals surface area contributed by atoms with Crippen molar-refractivity contribution in [3.8, 4) is 0 Å². The highest BCUT2D eigenvalue weighted by Gasteiger charge is 2.26. The summed E-state index contributed by atoms with van der Waals surface area (Å²) in [6, 6.07) is 4.73. The van der Waals surface area contributed by atoms with E-state index in [-0.39, 0.29) is 7.43 Å². The number of fused-ring (bicyclic) bond motifs is 2. The second kappa shape index (κ2) is 10.7. The van der Waals surface area contributed by atoms with Crippen molar-refractivity contribution < 1.29 is 0 Å². The molecule has 2 aliphatic rings. The zero-order valence-corrected chi connectivity index (χ0v) is 16.3. The third-order valence-electron chi connectivity index (χ3n) is 4.34. The molecule has 0 aliphatic heterocycles. The summed E-state index contributed by atoms with van der Waals surface area (Å²) < 4.78 is 0. The van der Waals surface area contributed by atoms with Crippen LogP contribution in [0.4, 0.5) is 0 Å². The van der Waals surface area contributed by atoms with Gasteiger partial charge in [0.25, 0.3) is 0 Å². The van der Waals surface area contributed by atoms with Crippen LogP contribution in [0.5, 0.6) is 0 Å². The number of rotatable bonds is 1. The van der Waals surface area contributed by atoms with Crippen LogP contribution in [0, 0.1) is 0 Å². The Morgan fingerprint density at radius 2 is 1.36 bits per heavy atom. The van der Waals surface area contributed by atoms with Gasteiger partial charge in [-0.15, -0.1) is 0 Å². The van der Waals surface area contributed by atoms with Crippen LogP contribution in [-0.4, -0.2) is 0 Å². The van der Waals surface area contributed by atoms with Crippen molar-refractivity contribution >= 4 is 11.1 Å². The van der Waals surface area contributed by atoms with Gasteiger partial charge in [0.1, 0.15) is 0 Å². The Morgan fingerprint density at radius 1 is 0.840 bits per heavy atom. The van der Waals surface area contributed by atoms with E-state index in [0.717, 1.165) is 12.8 Å². The average molecular weight is 337 g/mol. The molecule has 0 bridgehead atoms. The Kier molecular flexibility index (Phi) is 9.82. The summed E-state index contributed by atoms with van der Waals surface area (Å²) >= 11 is 0. The van der Waals surface area contributed by atoms with Gasteiger partial charge in [0.2, 0.25) is 0 Å². The summed E-state index contributed by atoms with van der Waals surface area (Å²) in [5.74, 6) is 0. The molecule has 0 unspecified atom stereocenters. The van der Waals surface area contributed by atoms with Gasteiger partial charge in [0.15, 0.2) is 0 Å². The van der Waals surface area contributed by atoms with E-state index in [2.05, 4.69) is 57.4 Å². The quantitative estimate of drug-likeness (QED) is 0.488. The lowest BCUT2D eigenvalue weighted by Gasteiger charge is -2.06. The van der Waals surface area contributed by atoms with Gasteiger partial charge in [-0.25, -0.2) is 0 Å². The third-order valence-corrected chi connectivity index (χ3v) is 4.34. The fraction of sp³-hybridized carbons (Fsp3) is 0.360. The lowest BCUT2D eigenvalue weighted by atomic mass is 9.98. The zero-order chi connectivity index (χ0) is 18.3. The molecule has 0 heteroatoms. The monoisotopic (exact) mass is 336 g/mol. The highest BCUT2D eigenvalue weighted by molar-refractivity contribution is 5.92. The molecule has 0 amide bonds. The largest absolute Gasteiger partial charge is 0.0990 e. The van der Waals surface area contributed by atoms with Crippen LogP contribution in [0.1, 0.15) is 71.2 Å². The molecule has 3 rings (SSSR count). The molecule has 25 heavy (non-hydrogen) atoms. The van der Waals surface area contributed by atoms with Gasteiger partial charge in [0, 0.05) is 0 Å². The molecule has 136 valence electrons. The summed E-state index contributed by atoms with van der Waals surface area (Å²) in [4.78, 5) is 0. The maximum Gasteiger partial charge on any atom is -0.00166 e. The first-order valence-corrected chi connectivity index (χ1v) is 9.18. The predicted octanol–water partition coefficient (Wildman–Crippen LogP) is 7.96. The summed E-state index contributed by atoms with van der Waals surface area (Å²) in [5.41, 5.74) is 10.9. The van der Waals surface area contributed by atoms with Crippen molar-refractivity contribution in [3.05, 3.63) is 83.0 Å². The Bertz CT molecular complexity index is 706. The van der Waals surface area contributed by atoms with Crippen LogP contribution in [0.15, 0.2) is 60.7 Å². The second-order valence-electron chi connectivity index (χ2n) is 5.46. The molecule has 0 saturated carbocycles. The molecule has 0 fully saturated rings. The predicted molar refractivity (Wildman–Crippen MR) is 118 cm³/mol. The summed E-state index contributed by atoms with van der Waals surface area (Å²) in [6.45, 7) is 20.3. The van der Waals surface area contributed by atoms with Crippen molar-refractivity contribution in [1.29, 1.82) is 0 Å². The third kappa shape index (κ3) is 4.31. The van der Waals surface area contributed by atoms with Crippen LogP contribution in [-0.2, 0) is 12.8 Å². The maximum absolute atomic E-state index is 4.20. The van der Waals surface area contributed by atoms with Gasteiger partial charge in [0.05, 0.1) is 0 Å². The number of allylic oxidation sites excluding steroid dienone is 8. The molecule has 0 N–H and O–H groups in total. The van der Waals surface area contributed by atoms with E-state index in [4.69, 9.17) is 0 Å². The molecule has 1 aromatic carbocycles. The number of hydrogen-bond acceptors (Lipinski definition) is 0. The Balaban J connectivity index is 0.00000108. The summed E-state index contributed by atoms with van der Waals surface area (Å²) in [6.07, 6.45) is 10.4. The molecule has 2 aliphatic carbocycles. The SMILES string of the molecule is C.C=C/C=C1\C(=C)Cc2cc3c(cc21)CC(=C/C)/C3=C\C.CC.CC. The molecular weight excluding hydrogens is 300 g/mol. The molecule has 0 radical (unpaired) electrons. The first kappa shape index (κ1) is 22.9. The minimum Gasteiger partial charge on any atom is -0.0990 e. The van der Waals surface area contributed by atoms with Crippen molar-refractivity contribution in [2.75, 3.05) is 0 Å². The van der Waals surface area contributed by atoms with E-state index in [9.17, 15) is 0 Å². The van der Waals surface area contributed by atoms with Gasteiger partial charge >= 0.3 is 0 Å². The average Bonchev–Trinajstić information content (AvgIpc) is 3.13. The Labute approximate surface area is 156 Å². The first-order chi connectivity index (χ1) is 11.7. The van der Waals surface area contributed by atoms with Crippen LogP contribution < -0.4 is 0 Å². The van der Waals surface area contributed by atoms with Crippen LogP contribution in [0.2, 0.25) is 0 Å². The summed E-state index contributed by atoms with van der Waals surface area (Å²) in [5, 5.41) is 0. The van der Waals surface area contributed by atoms with Gasteiger partial charge in [-0.2, -0.15) is 0 Å². The lowest BCUT2D eigenvalue weighted by molar-refractivity contribution is 1.23. The normalized spacial score (nSPS) is 18.6. The standard InChI is InChI=1S/C20H20.2C2H6.CH4/c1-5-8-18-13(4)9-15-11-19-16(12-20(15)18)10-14(6-2)17(19)7-3;2*1-2;/h5-8,11-12H,1,4,9-10H2,2-3H3;2*1-2H3;1H4/b14-6-,17-7+,18-8+;;;. The Hall–Kier alpha value is -2.08. The molecule has 0 heterocycles. The van der Waals surface area contributed by atoms with E-state index in [1.165, 1.54) is 44.5 Å². The molecule has 0 aromatic heterocycles. The Morgan fingerprint density at radius 3 is 1.84 bits per heavy atom. The van der Waals surface area contributed by atoms with Gasteiger partial charge in [-0.05, 0) is 83.4 Å². The van der Waals surface area contributed by atoms with E-state index < -0.39 is 0 Å². The van der Waals surface area contributed by atoms with E-state index in [1.807, 2.05) is 33.8 Å². The first-order valence-electron chi connectivity index (χ1n) is 9.18. The van der Waals surface area contributed by atoms with E-state index in [1.54, 1.807) is 0 Å². The van der Waals surface area contributed by atoms with Crippen LogP contribution >= 0.6 is 0 Å². The summed E-state index contributed by atoms with van der Waals surface area (Å²) in [7, 11) is 0. The maximum atomic E-state index is 4.20. The molecule has 1 aromatic rings. The number of hydrogen-bond donors (Lipinski definition) is 0. The highest BCUT2D eigenvalue weighted by atomic mass is 14.3. The van der Waals surface area contributed by atoms with Gasteiger partial charge in [-0.1, -0.05) is 72.6 Å². The lowest BCUT2D eigenvalue weighted by Crippen LogP contribution is -1.88. The van der Waals surface area contributed by atoms with Crippen molar-refractivity contribution in [3.63, 3.8) is 0 Å². The number of benzene rings is 1. The second-order valence-corrected chi connectivity index (χ2v) is 5.46. The van der Waals surface area contributed by atoms with Crippen LogP contribution in [0.25, 0.3) is 11.1 Å². The van der Waals surface area contributed by atoms with Gasteiger partial charge < -0.3 is 0 Å². The minimum atomic E-state index is 0. The molecule has 0 saturated heterocycles. The van der Waals surface area contributed by atoms with E-state index >= 15 is 0 Å². The zero-order valence-electron chi connectivity index (χ0n) is 16.3. The fourth-order valence-electron chi connectivity index (χ4n) is 3.40. The highest BCUT2D eigenvalue weighted by Crippen LogP contribution is 2.43. The fourth-order valence-corrected chi connectivity index (χ4v) is 3.40. The van der Waals surface area contributed by atoms with Crippen molar-refractivity contribution in [2.24, 2.45) is 0 Å². The van der Waals surface area contributed by atoms with Gasteiger partial charge in [-0.3, -0.25) is 0 Å². The molecule has 0 spiro atoms. The van der Waals surface area contributed by atoms with E-state index in [0.29, 0.717) is 0 Å². The smallest absolute Gasteiger partial charge is 0.00166 e. The molecular formula is C25H36.